The predicted molar refractivity (Wildman–Crippen MR) is 107 cm³/mol. The summed E-state index contributed by atoms with van der Waals surface area (Å²) in [7, 11) is 0. The molecule has 1 aromatic rings. The van der Waals surface area contributed by atoms with Gasteiger partial charge in [-0.15, -0.1) is 0 Å². The minimum atomic E-state index is 0.275. The van der Waals surface area contributed by atoms with Gasteiger partial charge in [-0.1, -0.05) is 6.07 Å². The van der Waals surface area contributed by atoms with E-state index < -0.39 is 0 Å². The van der Waals surface area contributed by atoms with Gasteiger partial charge in [-0.3, -0.25) is 14.6 Å². The second kappa shape index (κ2) is 9.11. The highest BCUT2D eigenvalue weighted by Crippen LogP contribution is 2.33. The number of piperazine rings is 1. The van der Waals surface area contributed by atoms with Crippen LogP contribution in [0.4, 0.5) is 0 Å². The van der Waals surface area contributed by atoms with E-state index in [1.165, 1.54) is 12.0 Å². The second-order valence-electron chi connectivity index (χ2n) is 8.03. The molecule has 0 radical (unpaired) electrons. The van der Waals surface area contributed by atoms with Gasteiger partial charge < -0.3 is 20.1 Å². The zero-order valence-electron chi connectivity index (χ0n) is 16.6. The maximum absolute atomic E-state index is 12.3. The summed E-state index contributed by atoms with van der Waals surface area (Å²) in [5.74, 6) is 1.98. The number of piperidine rings is 1. The first-order valence-corrected chi connectivity index (χ1v) is 10.6. The van der Waals surface area contributed by atoms with Crippen LogP contribution in [-0.4, -0.2) is 79.3 Å². The Balaban J connectivity index is 1.25. The van der Waals surface area contributed by atoms with Crippen molar-refractivity contribution in [2.24, 2.45) is 5.73 Å². The molecule has 2 fully saturated rings. The number of likely N-dealkylation sites (tertiary alicyclic amines) is 1. The molecule has 1 amide bonds. The van der Waals surface area contributed by atoms with Gasteiger partial charge in [0.2, 0.25) is 12.7 Å². The number of ether oxygens (including phenoxy) is 2. The van der Waals surface area contributed by atoms with Crippen molar-refractivity contribution in [3.8, 4) is 11.5 Å². The zero-order valence-corrected chi connectivity index (χ0v) is 16.6. The lowest BCUT2D eigenvalue weighted by atomic mass is 10.0. The van der Waals surface area contributed by atoms with E-state index in [1.54, 1.807) is 0 Å². The summed E-state index contributed by atoms with van der Waals surface area (Å²) in [5, 5.41) is 0. The van der Waals surface area contributed by atoms with Crippen molar-refractivity contribution in [3.05, 3.63) is 23.8 Å². The molecule has 3 heterocycles. The molecule has 0 spiro atoms. The Kier molecular flexibility index (Phi) is 6.34. The zero-order chi connectivity index (χ0) is 19.3. The SMILES string of the molecule is NCCCC(=O)N1CCC[C@H](N2CCN(Cc3ccc4c(c3)OCO4)CC2)C1. The fraction of sp³-hybridized carbons (Fsp3) is 0.667. The minimum Gasteiger partial charge on any atom is -0.454 e. The molecule has 4 rings (SSSR count). The van der Waals surface area contributed by atoms with Gasteiger partial charge in [0.1, 0.15) is 0 Å². The molecule has 0 aromatic heterocycles. The standard InChI is InChI=1S/C21H32N4O3/c22-7-1-4-21(26)25-8-2-3-18(15-25)24-11-9-23(10-12-24)14-17-5-6-19-20(13-17)28-16-27-19/h5-6,13,18H,1-4,7-12,14-16,22H2/t18-/m0/s1. The van der Waals surface area contributed by atoms with Crippen LogP contribution in [-0.2, 0) is 11.3 Å². The number of nitrogens with two attached hydrogens (primary N) is 1. The molecule has 1 atom stereocenters. The fourth-order valence-electron chi connectivity index (χ4n) is 4.47. The monoisotopic (exact) mass is 388 g/mol. The summed E-state index contributed by atoms with van der Waals surface area (Å²) >= 11 is 0. The first-order chi connectivity index (χ1) is 13.7. The number of carbonyl (C=O) groups is 1. The Morgan fingerprint density at radius 2 is 1.93 bits per heavy atom. The lowest BCUT2D eigenvalue weighted by Gasteiger charge is -2.43. The second-order valence-corrected chi connectivity index (χ2v) is 8.03. The number of fused-ring (bicyclic) bond motifs is 1. The van der Waals surface area contributed by atoms with E-state index in [9.17, 15) is 4.79 Å². The molecule has 28 heavy (non-hydrogen) atoms. The van der Waals surface area contributed by atoms with E-state index in [4.69, 9.17) is 15.2 Å². The van der Waals surface area contributed by atoms with Gasteiger partial charge in [0, 0.05) is 58.3 Å². The summed E-state index contributed by atoms with van der Waals surface area (Å²) in [6.45, 7) is 7.91. The van der Waals surface area contributed by atoms with E-state index in [2.05, 4.69) is 26.8 Å². The Hall–Kier alpha value is -1.83. The average Bonchev–Trinajstić information content (AvgIpc) is 3.20. The van der Waals surface area contributed by atoms with E-state index in [0.717, 1.165) is 70.2 Å². The lowest BCUT2D eigenvalue weighted by Crippen LogP contribution is -2.55. The van der Waals surface area contributed by atoms with Crippen molar-refractivity contribution in [1.29, 1.82) is 0 Å². The Labute approximate surface area is 167 Å². The molecule has 7 heteroatoms. The maximum Gasteiger partial charge on any atom is 0.231 e. The van der Waals surface area contributed by atoms with Gasteiger partial charge in [-0.05, 0) is 43.5 Å². The number of hydrogen-bond acceptors (Lipinski definition) is 6. The molecule has 3 aliphatic heterocycles. The van der Waals surface area contributed by atoms with Crippen molar-refractivity contribution in [1.82, 2.24) is 14.7 Å². The summed E-state index contributed by atoms with van der Waals surface area (Å²) in [4.78, 5) is 19.5. The number of carbonyl (C=O) groups excluding carboxylic acids is 1. The van der Waals surface area contributed by atoms with Crippen LogP contribution in [0.15, 0.2) is 18.2 Å². The highest BCUT2D eigenvalue weighted by atomic mass is 16.7. The molecule has 0 aliphatic carbocycles. The van der Waals surface area contributed by atoms with Crippen LogP contribution in [0.25, 0.3) is 0 Å². The molecular formula is C21H32N4O3. The summed E-state index contributed by atoms with van der Waals surface area (Å²) < 4.78 is 10.9. The molecule has 2 N–H and O–H groups in total. The van der Waals surface area contributed by atoms with Gasteiger partial charge in [0.15, 0.2) is 11.5 Å². The molecule has 154 valence electrons. The maximum atomic E-state index is 12.3. The summed E-state index contributed by atoms with van der Waals surface area (Å²) in [6, 6.07) is 6.74. The third-order valence-electron chi connectivity index (χ3n) is 6.11. The smallest absolute Gasteiger partial charge is 0.231 e. The van der Waals surface area contributed by atoms with Crippen molar-refractivity contribution < 1.29 is 14.3 Å². The van der Waals surface area contributed by atoms with Crippen LogP contribution in [0.1, 0.15) is 31.2 Å². The highest BCUT2D eigenvalue weighted by Gasteiger charge is 2.29. The highest BCUT2D eigenvalue weighted by molar-refractivity contribution is 5.76. The first kappa shape index (κ1) is 19.5. The fourth-order valence-corrected chi connectivity index (χ4v) is 4.47. The van der Waals surface area contributed by atoms with Crippen LogP contribution >= 0.6 is 0 Å². The topological polar surface area (TPSA) is 71.3 Å². The van der Waals surface area contributed by atoms with Crippen molar-refractivity contribution in [2.75, 3.05) is 52.6 Å². The molecule has 0 bridgehead atoms. The molecule has 0 unspecified atom stereocenters. The molecular weight excluding hydrogens is 356 g/mol. The van der Waals surface area contributed by atoms with Gasteiger partial charge in [-0.2, -0.15) is 0 Å². The Morgan fingerprint density at radius 1 is 1.11 bits per heavy atom. The van der Waals surface area contributed by atoms with Gasteiger partial charge in [-0.25, -0.2) is 0 Å². The van der Waals surface area contributed by atoms with Crippen LogP contribution in [0.5, 0.6) is 11.5 Å². The number of amides is 1. The third kappa shape index (κ3) is 4.59. The van der Waals surface area contributed by atoms with Gasteiger partial charge >= 0.3 is 0 Å². The Bertz CT molecular complexity index is 676. The average molecular weight is 389 g/mol. The molecule has 3 aliphatic rings. The quantitative estimate of drug-likeness (QED) is 0.791. The molecule has 0 saturated carbocycles. The largest absolute Gasteiger partial charge is 0.454 e. The van der Waals surface area contributed by atoms with E-state index in [1.807, 2.05) is 6.07 Å². The van der Waals surface area contributed by atoms with Crippen LogP contribution in [0.3, 0.4) is 0 Å². The van der Waals surface area contributed by atoms with Crippen molar-refractivity contribution in [3.63, 3.8) is 0 Å². The minimum absolute atomic E-state index is 0.275. The summed E-state index contributed by atoms with van der Waals surface area (Å²) in [5.41, 5.74) is 6.82. The lowest BCUT2D eigenvalue weighted by molar-refractivity contribution is -0.133. The Morgan fingerprint density at radius 3 is 2.75 bits per heavy atom. The van der Waals surface area contributed by atoms with Crippen LogP contribution < -0.4 is 15.2 Å². The van der Waals surface area contributed by atoms with E-state index in [-0.39, 0.29) is 5.91 Å². The number of nitrogens with zero attached hydrogens (tertiary/aromatic N) is 3. The van der Waals surface area contributed by atoms with Gasteiger partial charge in [0.25, 0.3) is 0 Å². The normalized spacial score (nSPS) is 23.2. The van der Waals surface area contributed by atoms with Crippen LogP contribution in [0, 0.1) is 0 Å². The van der Waals surface area contributed by atoms with Crippen molar-refractivity contribution >= 4 is 5.91 Å². The number of rotatable bonds is 6. The van der Waals surface area contributed by atoms with Crippen LogP contribution in [0.2, 0.25) is 0 Å². The van der Waals surface area contributed by atoms with E-state index in [0.29, 0.717) is 25.8 Å². The van der Waals surface area contributed by atoms with Crippen molar-refractivity contribution in [2.45, 2.75) is 38.3 Å². The molecule has 2 saturated heterocycles. The summed E-state index contributed by atoms with van der Waals surface area (Å²) in [6.07, 6.45) is 3.68. The molecule has 1 aromatic carbocycles. The number of hydrogen-bond donors (Lipinski definition) is 1. The van der Waals surface area contributed by atoms with Gasteiger partial charge in [0.05, 0.1) is 0 Å². The molecule has 7 nitrogen and oxygen atoms in total. The predicted octanol–water partition coefficient (Wildman–Crippen LogP) is 1.26. The number of benzene rings is 1. The first-order valence-electron chi connectivity index (χ1n) is 10.6. The third-order valence-corrected chi connectivity index (χ3v) is 6.11. The van der Waals surface area contributed by atoms with E-state index >= 15 is 0 Å².